The zero-order valence-electron chi connectivity index (χ0n) is 12.4. The molecular weight excluding hydrogens is 256 g/mol. The number of benzene rings is 1. The SMILES string of the molecule is Cc1cccc(CN(C)C(=O)NC(C(=O)O)C(C)C)c1. The highest BCUT2D eigenvalue weighted by molar-refractivity contribution is 5.82. The summed E-state index contributed by atoms with van der Waals surface area (Å²) in [7, 11) is 1.65. The van der Waals surface area contributed by atoms with Gasteiger partial charge in [0.15, 0.2) is 0 Å². The van der Waals surface area contributed by atoms with Gasteiger partial charge >= 0.3 is 12.0 Å². The summed E-state index contributed by atoms with van der Waals surface area (Å²) >= 11 is 0. The lowest BCUT2D eigenvalue weighted by molar-refractivity contribution is -0.140. The lowest BCUT2D eigenvalue weighted by Gasteiger charge is -2.23. The van der Waals surface area contributed by atoms with Gasteiger partial charge in [-0.2, -0.15) is 0 Å². The molecule has 1 unspecified atom stereocenters. The van der Waals surface area contributed by atoms with E-state index < -0.39 is 12.0 Å². The maximum Gasteiger partial charge on any atom is 0.326 e. The fraction of sp³-hybridized carbons (Fsp3) is 0.467. The van der Waals surface area contributed by atoms with E-state index in [0.29, 0.717) is 6.54 Å². The van der Waals surface area contributed by atoms with Crippen LogP contribution < -0.4 is 5.32 Å². The Morgan fingerprint density at radius 3 is 2.50 bits per heavy atom. The highest BCUT2D eigenvalue weighted by atomic mass is 16.4. The highest BCUT2D eigenvalue weighted by Gasteiger charge is 2.24. The summed E-state index contributed by atoms with van der Waals surface area (Å²) in [5.41, 5.74) is 2.14. The Kier molecular flexibility index (Phi) is 5.55. The minimum absolute atomic E-state index is 0.163. The summed E-state index contributed by atoms with van der Waals surface area (Å²) in [5.74, 6) is -1.18. The van der Waals surface area contributed by atoms with Gasteiger partial charge in [0.1, 0.15) is 6.04 Å². The van der Waals surface area contributed by atoms with Crippen molar-refractivity contribution >= 4 is 12.0 Å². The molecule has 110 valence electrons. The average Bonchev–Trinajstić information content (AvgIpc) is 2.34. The smallest absolute Gasteiger partial charge is 0.326 e. The Labute approximate surface area is 119 Å². The predicted molar refractivity (Wildman–Crippen MR) is 77.4 cm³/mol. The van der Waals surface area contributed by atoms with Gasteiger partial charge in [-0.25, -0.2) is 9.59 Å². The highest BCUT2D eigenvalue weighted by Crippen LogP contribution is 2.08. The number of carboxylic acids is 1. The Morgan fingerprint density at radius 1 is 1.35 bits per heavy atom. The van der Waals surface area contributed by atoms with Gasteiger partial charge in [0.2, 0.25) is 0 Å². The monoisotopic (exact) mass is 278 g/mol. The fourth-order valence-electron chi connectivity index (χ4n) is 1.91. The lowest BCUT2D eigenvalue weighted by Crippen LogP contribution is -2.48. The first-order valence-electron chi connectivity index (χ1n) is 6.61. The number of nitrogens with zero attached hydrogens (tertiary/aromatic N) is 1. The van der Waals surface area contributed by atoms with Crippen molar-refractivity contribution in [3.8, 4) is 0 Å². The van der Waals surface area contributed by atoms with Crippen molar-refractivity contribution in [1.29, 1.82) is 0 Å². The van der Waals surface area contributed by atoms with Crippen LogP contribution in [0.5, 0.6) is 0 Å². The van der Waals surface area contributed by atoms with Gasteiger partial charge in [0.05, 0.1) is 0 Å². The lowest BCUT2D eigenvalue weighted by atomic mass is 10.1. The van der Waals surface area contributed by atoms with Crippen molar-refractivity contribution in [1.82, 2.24) is 10.2 Å². The zero-order valence-corrected chi connectivity index (χ0v) is 12.4. The van der Waals surface area contributed by atoms with Crippen LogP contribution in [0.4, 0.5) is 4.79 Å². The van der Waals surface area contributed by atoms with E-state index >= 15 is 0 Å². The van der Waals surface area contributed by atoms with Gasteiger partial charge in [-0.15, -0.1) is 0 Å². The average molecular weight is 278 g/mol. The number of aryl methyl sites for hydroxylation is 1. The minimum Gasteiger partial charge on any atom is -0.480 e. The van der Waals surface area contributed by atoms with Gasteiger partial charge in [-0.3, -0.25) is 0 Å². The normalized spacial score (nSPS) is 12.1. The Morgan fingerprint density at radius 2 is 2.00 bits per heavy atom. The third kappa shape index (κ3) is 4.57. The summed E-state index contributed by atoms with van der Waals surface area (Å²) < 4.78 is 0. The number of urea groups is 1. The molecular formula is C15H22N2O3. The number of hydrogen-bond donors (Lipinski definition) is 2. The van der Waals surface area contributed by atoms with Gasteiger partial charge in [0, 0.05) is 13.6 Å². The number of rotatable bonds is 5. The van der Waals surface area contributed by atoms with Crippen LogP contribution in [0.2, 0.25) is 0 Å². The molecule has 2 N–H and O–H groups in total. The number of carboxylic acid groups (broad SMARTS) is 1. The second kappa shape index (κ2) is 6.93. The topological polar surface area (TPSA) is 69.6 Å². The molecule has 1 rings (SSSR count). The third-order valence-electron chi connectivity index (χ3n) is 3.06. The van der Waals surface area contributed by atoms with Crippen LogP contribution in [0.25, 0.3) is 0 Å². The number of carbonyl (C=O) groups is 2. The van der Waals surface area contributed by atoms with E-state index in [4.69, 9.17) is 5.11 Å². The first kappa shape index (κ1) is 16.0. The van der Waals surface area contributed by atoms with Crippen LogP contribution in [-0.4, -0.2) is 35.1 Å². The molecule has 5 nitrogen and oxygen atoms in total. The summed E-state index contributed by atoms with van der Waals surface area (Å²) in [5, 5.41) is 11.6. The number of amides is 2. The van der Waals surface area contributed by atoms with E-state index in [1.54, 1.807) is 20.9 Å². The predicted octanol–water partition coefficient (Wildman–Crippen LogP) is 2.25. The summed E-state index contributed by atoms with van der Waals surface area (Å²) in [6.45, 7) is 5.96. The minimum atomic E-state index is -1.02. The molecule has 1 atom stereocenters. The molecule has 0 saturated heterocycles. The Hall–Kier alpha value is -2.04. The Balaban J connectivity index is 2.65. The van der Waals surface area contributed by atoms with Crippen LogP contribution >= 0.6 is 0 Å². The van der Waals surface area contributed by atoms with E-state index in [9.17, 15) is 9.59 Å². The molecule has 20 heavy (non-hydrogen) atoms. The van der Waals surface area contributed by atoms with Crippen LogP contribution in [0, 0.1) is 12.8 Å². The molecule has 5 heteroatoms. The van der Waals surface area contributed by atoms with Crippen LogP contribution in [0.3, 0.4) is 0 Å². The van der Waals surface area contributed by atoms with Gasteiger partial charge in [-0.05, 0) is 18.4 Å². The molecule has 0 aromatic heterocycles. The van der Waals surface area contributed by atoms with Crippen LogP contribution in [0.1, 0.15) is 25.0 Å². The molecule has 0 radical (unpaired) electrons. The molecule has 0 spiro atoms. The van der Waals surface area contributed by atoms with Crippen molar-refractivity contribution in [3.05, 3.63) is 35.4 Å². The van der Waals surface area contributed by atoms with Gasteiger partial charge in [-0.1, -0.05) is 43.7 Å². The largest absolute Gasteiger partial charge is 0.480 e. The number of nitrogens with one attached hydrogen (secondary N) is 1. The first-order chi connectivity index (χ1) is 9.31. The molecule has 0 fully saturated rings. The van der Waals surface area contributed by atoms with E-state index in [1.807, 2.05) is 31.2 Å². The van der Waals surface area contributed by atoms with E-state index in [0.717, 1.165) is 11.1 Å². The molecule has 1 aromatic carbocycles. The second-order valence-electron chi connectivity index (χ2n) is 5.35. The maximum absolute atomic E-state index is 12.0. The van der Waals surface area contributed by atoms with Crippen molar-refractivity contribution in [2.45, 2.75) is 33.4 Å². The summed E-state index contributed by atoms with van der Waals surface area (Å²) in [6.07, 6.45) is 0. The van der Waals surface area contributed by atoms with Gasteiger partial charge < -0.3 is 15.3 Å². The molecule has 1 aromatic rings. The molecule has 0 heterocycles. The van der Waals surface area contributed by atoms with Crippen molar-refractivity contribution in [2.24, 2.45) is 5.92 Å². The zero-order chi connectivity index (χ0) is 15.3. The first-order valence-corrected chi connectivity index (χ1v) is 6.61. The number of carbonyl (C=O) groups excluding carboxylic acids is 1. The molecule has 0 aliphatic rings. The number of aliphatic carboxylic acids is 1. The molecule has 0 aliphatic heterocycles. The summed E-state index contributed by atoms with van der Waals surface area (Å²) in [4.78, 5) is 24.6. The van der Waals surface area contributed by atoms with Crippen molar-refractivity contribution in [3.63, 3.8) is 0 Å². The van der Waals surface area contributed by atoms with Crippen LogP contribution in [0.15, 0.2) is 24.3 Å². The van der Waals surface area contributed by atoms with Crippen molar-refractivity contribution < 1.29 is 14.7 Å². The van der Waals surface area contributed by atoms with E-state index in [-0.39, 0.29) is 11.9 Å². The second-order valence-corrected chi connectivity index (χ2v) is 5.35. The molecule has 0 aliphatic carbocycles. The number of hydrogen-bond acceptors (Lipinski definition) is 2. The van der Waals surface area contributed by atoms with E-state index in [1.165, 1.54) is 4.90 Å². The molecule has 2 amide bonds. The van der Waals surface area contributed by atoms with E-state index in [2.05, 4.69) is 5.32 Å². The van der Waals surface area contributed by atoms with Gasteiger partial charge in [0.25, 0.3) is 0 Å². The van der Waals surface area contributed by atoms with Crippen molar-refractivity contribution in [2.75, 3.05) is 7.05 Å². The third-order valence-corrected chi connectivity index (χ3v) is 3.06. The summed E-state index contributed by atoms with van der Waals surface area (Å²) in [6, 6.07) is 6.61. The van der Waals surface area contributed by atoms with Crippen LogP contribution in [-0.2, 0) is 11.3 Å². The molecule has 0 saturated carbocycles. The quantitative estimate of drug-likeness (QED) is 0.868. The molecule has 0 bridgehead atoms. The Bertz CT molecular complexity index is 486. The maximum atomic E-state index is 12.0. The fourth-order valence-corrected chi connectivity index (χ4v) is 1.91. The standard InChI is InChI=1S/C15H22N2O3/c1-10(2)13(14(18)19)16-15(20)17(4)9-12-7-5-6-11(3)8-12/h5-8,10,13H,9H2,1-4H3,(H,16,20)(H,18,19).